The number of alkyl halides is 3. The summed E-state index contributed by atoms with van der Waals surface area (Å²) in [4.78, 5) is 0. The van der Waals surface area contributed by atoms with Crippen molar-refractivity contribution in [2.24, 2.45) is 7.05 Å². The lowest BCUT2D eigenvalue weighted by atomic mass is 10.1. The van der Waals surface area contributed by atoms with Gasteiger partial charge in [0.15, 0.2) is 0 Å². The van der Waals surface area contributed by atoms with Crippen molar-refractivity contribution >= 4 is 10.9 Å². The minimum atomic E-state index is -4.29. The molecule has 1 aromatic carbocycles. The van der Waals surface area contributed by atoms with Gasteiger partial charge in [0.1, 0.15) is 0 Å². The normalized spacial score (nSPS) is 12.3. The summed E-state index contributed by atoms with van der Waals surface area (Å²) in [6.45, 7) is 0.631. The molecule has 0 amide bonds. The second-order valence-electron chi connectivity index (χ2n) is 4.00. The molecule has 17 heavy (non-hydrogen) atoms. The molecule has 92 valence electrons. The van der Waals surface area contributed by atoms with E-state index >= 15 is 0 Å². The maximum Gasteiger partial charge on any atom is 0.416 e. The SMILES string of the molecule is CNCc1cc2ccc(C(F)(F)F)cc2n1C. The van der Waals surface area contributed by atoms with Crippen molar-refractivity contribution < 1.29 is 13.2 Å². The number of halogens is 3. The topological polar surface area (TPSA) is 17.0 Å². The molecule has 2 rings (SSSR count). The highest BCUT2D eigenvalue weighted by atomic mass is 19.4. The number of nitrogens with one attached hydrogen (secondary N) is 1. The highest BCUT2D eigenvalue weighted by Crippen LogP contribution is 2.32. The molecule has 2 aromatic rings. The predicted octanol–water partition coefficient (Wildman–Crippen LogP) is 2.92. The Morgan fingerprint density at radius 2 is 1.94 bits per heavy atom. The third-order valence-corrected chi connectivity index (χ3v) is 2.83. The van der Waals surface area contributed by atoms with E-state index in [0.29, 0.717) is 12.1 Å². The van der Waals surface area contributed by atoms with E-state index in [-0.39, 0.29) is 0 Å². The van der Waals surface area contributed by atoms with E-state index in [9.17, 15) is 13.2 Å². The van der Waals surface area contributed by atoms with Gasteiger partial charge in [0.25, 0.3) is 0 Å². The zero-order valence-corrected chi connectivity index (χ0v) is 9.60. The fourth-order valence-corrected chi connectivity index (χ4v) is 1.91. The molecule has 0 aliphatic heterocycles. The van der Waals surface area contributed by atoms with Crippen LogP contribution in [-0.4, -0.2) is 11.6 Å². The third kappa shape index (κ3) is 2.15. The molecule has 0 spiro atoms. The number of aryl methyl sites for hydroxylation is 1. The number of aromatic nitrogens is 1. The zero-order valence-electron chi connectivity index (χ0n) is 9.60. The van der Waals surface area contributed by atoms with Crippen LogP contribution in [0.5, 0.6) is 0 Å². The fraction of sp³-hybridized carbons (Fsp3) is 0.333. The Kier molecular flexibility index (Phi) is 2.87. The van der Waals surface area contributed by atoms with Crippen LogP contribution in [0.4, 0.5) is 13.2 Å². The first-order chi connectivity index (χ1) is 7.93. The van der Waals surface area contributed by atoms with Crippen molar-refractivity contribution in [1.29, 1.82) is 0 Å². The monoisotopic (exact) mass is 242 g/mol. The lowest BCUT2D eigenvalue weighted by Gasteiger charge is -2.07. The summed E-state index contributed by atoms with van der Waals surface area (Å²) in [6.07, 6.45) is -4.29. The van der Waals surface area contributed by atoms with Crippen LogP contribution in [0.3, 0.4) is 0 Å². The van der Waals surface area contributed by atoms with E-state index < -0.39 is 11.7 Å². The van der Waals surface area contributed by atoms with E-state index in [1.165, 1.54) is 12.1 Å². The summed E-state index contributed by atoms with van der Waals surface area (Å²) >= 11 is 0. The Hall–Kier alpha value is -1.49. The van der Waals surface area contributed by atoms with Gasteiger partial charge in [0.05, 0.1) is 5.56 Å². The number of benzene rings is 1. The summed E-state index contributed by atoms with van der Waals surface area (Å²) in [5, 5.41) is 3.81. The zero-order chi connectivity index (χ0) is 12.6. The van der Waals surface area contributed by atoms with Gasteiger partial charge >= 0.3 is 6.18 Å². The van der Waals surface area contributed by atoms with E-state index in [0.717, 1.165) is 17.1 Å². The first-order valence-electron chi connectivity index (χ1n) is 5.23. The molecule has 1 N–H and O–H groups in total. The number of fused-ring (bicyclic) bond motifs is 1. The summed E-state index contributed by atoms with van der Waals surface area (Å²) < 4.78 is 39.5. The number of rotatable bonds is 2. The minimum absolute atomic E-state index is 0.602. The molecule has 0 radical (unpaired) electrons. The van der Waals surface area contributed by atoms with Crippen LogP contribution in [-0.2, 0) is 19.8 Å². The van der Waals surface area contributed by atoms with Crippen molar-refractivity contribution in [1.82, 2.24) is 9.88 Å². The van der Waals surface area contributed by atoms with Crippen molar-refractivity contribution in [3.63, 3.8) is 0 Å². The van der Waals surface area contributed by atoms with Crippen molar-refractivity contribution in [3.8, 4) is 0 Å². The van der Waals surface area contributed by atoms with Crippen molar-refractivity contribution in [2.45, 2.75) is 12.7 Å². The highest BCUT2D eigenvalue weighted by Gasteiger charge is 2.30. The summed E-state index contributed by atoms with van der Waals surface area (Å²) in [5.41, 5.74) is 0.953. The van der Waals surface area contributed by atoms with Gasteiger partial charge in [-0.25, -0.2) is 0 Å². The van der Waals surface area contributed by atoms with Gasteiger partial charge in [0.2, 0.25) is 0 Å². The van der Waals surface area contributed by atoms with E-state index in [4.69, 9.17) is 0 Å². The molecule has 0 atom stereocenters. The Labute approximate surface area is 97.0 Å². The van der Waals surface area contributed by atoms with Gasteiger partial charge in [-0.1, -0.05) is 6.07 Å². The van der Waals surface area contributed by atoms with E-state index in [1.807, 2.05) is 6.07 Å². The summed E-state index contributed by atoms with van der Waals surface area (Å²) in [5.74, 6) is 0. The Morgan fingerprint density at radius 3 is 2.53 bits per heavy atom. The molecule has 2 nitrogen and oxygen atoms in total. The molecule has 0 saturated heterocycles. The molecule has 0 fully saturated rings. The standard InChI is InChI=1S/C12H13F3N2/c1-16-7-10-5-8-3-4-9(12(13,14)15)6-11(8)17(10)2/h3-6,16H,7H2,1-2H3. The molecule has 0 aliphatic rings. The largest absolute Gasteiger partial charge is 0.416 e. The fourth-order valence-electron chi connectivity index (χ4n) is 1.91. The molecule has 5 heteroatoms. The molecule has 0 unspecified atom stereocenters. The molecular weight excluding hydrogens is 229 g/mol. The van der Waals surface area contributed by atoms with E-state index in [1.54, 1.807) is 18.7 Å². The maximum atomic E-state index is 12.6. The number of hydrogen-bond donors (Lipinski definition) is 1. The maximum absolute atomic E-state index is 12.6. The lowest BCUT2D eigenvalue weighted by molar-refractivity contribution is -0.137. The average Bonchev–Trinajstić information content (AvgIpc) is 2.55. The van der Waals surface area contributed by atoms with Crippen LogP contribution in [0.1, 0.15) is 11.3 Å². The lowest BCUT2D eigenvalue weighted by Crippen LogP contribution is -2.09. The average molecular weight is 242 g/mol. The highest BCUT2D eigenvalue weighted by molar-refractivity contribution is 5.82. The van der Waals surface area contributed by atoms with Crippen LogP contribution >= 0.6 is 0 Å². The molecule has 0 bridgehead atoms. The first-order valence-corrected chi connectivity index (χ1v) is 5.23. The molecule has 0 aliphatic carbocycles. The Morgan fingerprint density at radius 1 is 1.24 bits per heavy atom. The second-order valence-corrected chi connectivity index (χ2v) is 4.00. The number of hydrogen-bond acceptors (Lipinski definition) is 1. The molecular formula is C12H13F3N2. The van der Waals surface area contributed by atoms with Gasteiger partial charge < -0.3 is 9.88 Å². The minimum Gasteiger partial charge on any atom is -0.346 e. The van der Waals surface area contributed by atoms with Gasteiger partial charge in [-0.15, -0.1) is 0 Å². The van der Waals surface area contributed by atoms with E-state index in [2.05, 4.69) is 5.32 Å². The van der Waals surface area contributed by atoms with Gasteiger partial charge in [-0.3, -0.25) is 0 Å². The first kappa shape index (κ1) is 12.0. The van der Waals surface area contributed by atoms with Crippen LogP contribution in [0.25, 0.3) is 10.9 Å². The predicted molar refractivity (Wildman–Crippen MR) is 60.7 cm³/mol. The van der Waals surface area contributed by atoms with Crippen molar-refractivity contribution in [3.05, 3.63) is 35.5 Å². The summed E-state index contributed by atoms with van der Waals surface area (Å²) in [6, 6.07) is 5.71. The molecule has 1 heterocycles. The smallest absolute Gasteiger partial charge is 0.346 e. The third-order valence-electron chi connectivity index (χ3n) is 2.83. The Bertz CT molecular complexity index is 540. The molecule has 1 aromatic heterocycles. The molecule has 0 saturated carbocycles. The quantitative estimate of drug-likeness (QED) is 0.856. The van der Waals surface area contributed by atoms with Crippen molar-refractivity contribution in [2.75, 3.05) is 7.05 Å². The van der Waals surface area contributed by atoms with Crippen LogP contribution < -0.4 is 5.32 Å². The van der Waals surface area contributed by atoms with Crippen LogP contribution in [0, 0.1) is 0 Å². The number of nitrogens with zero attached hydrogens (tertiary/aromatic N) is 1. The van der Waals surface area contributed by atoms with Gasteiger partial charge in [-0.05, 0) is 30.6 Å². The Balaban J connectivity index is 2.57. The summed E-state index contributed by atoms with van der Waals surface area (Å²) in [7, 11) is 3.58. The van der Waals surface area contributed by atoms with Crippen LogP contribution in [0.15, 0.2) is 24.3 Å². The van der Waals surface area contributed by atoms with Gasteiger partial charge in [0, 0.05) is 24.8 Å². The van der Waals surface area contributed by atoms with Crippen LogP contribution in [0.2, 0.25) is 0 Å². The van der Waals surface area contributed by atoms with Gasteiger partial charge in [-0.2, -0.15) is 13.2 Å². The second kappa shape index (κ2) is 4.07.